The molecule has 0 bridgehead atoms. The van der Waals surface area contributed by atoms with Gasteiger partial charge in [0.2, 0.25) is 0 Å². The molecular weight excluding hydrogens is 290 g/mol. The Morgan fingerprint density at radius 2 is 2.10 bits per heavy atom. The molecule has 1 aliphatic rings. The van der Waals surface area contributed by atoms with E-state index in [-0.39, 0.29) is 5.97 Å². The number of ether oxygens (including phenoxy) is 3. The number of benzene rings is 1. The first-order valence-corrected chi connectivity index (χ1v) is 7.96. The van der Waals surface area contributed by atoms with Crippen LogP contribution in [0.25, 0.3) is 0 Å². The first-order valence-electron chi connectivity index (χ1n) is 6.97. The lowest BCUT2D eigenvalue weighted by Crippen LogP contribution is -2.50. The van der Waals surface area contributed by atoms with E-state index in [0.29, 0.717) is 25.6 Å². The Morgan fingerprint density at radius 3 is 2.76 bits per heavy atom. The molecule has 6 heteroatoms. The van der Waals surface area contributed by atoms with Crippen molar-refractivity contribution in [2.45, 2.75) is 24.3 Å². The molecule has 0 aromatic heterocycles. The van der Waals surface area contributed by atoms with Gasteiger partial charge in [0.15, 0.2) is 11.5 Å². The zero-order valence-corrected chi connectivity index (χ0v) is 13.4. The summed E-state index contributed by atoms with van der Waals surface area (Å²) in [5.41, 5.74) is -0.714. The van der Waals surface area contributed by atoms with Crippen molar-refractivity contribution in [3.05, 3.63) is 18.2 Å². The molecule has 1 aromatic rings. The first-order chi connectivity index (χ1) is 10.1. The average Bonchev–Trinajstić information content (AvgIpc) is 2.52. The monoisotopic (exact) mass is 311 g/mol. The van der Waals surface area contributed by atoms with Crippen molar-refractivity contribution in [1.82, 2.24) is 5.32 Å². The van der Waals surface area contributed by atoms with E-state index in [0.717, 1.165) is 16.4 Å². The SMILES string of the molecule is CCOC(=O)C(C)(CSc1ccc2c(c1)OCCO2)NC. The van der Waals surface area contributed by atoms with Crippen LogP contribution in [0.1, 0.15) is 13.8 Å². The van der Waals surface area contributed by atoms with Gasteiger partial charge in [0, 0.05) is 10.6 Å². The smallest absolute Gasteiger partial charge is 0.326 e. The highest BCUT2D eigenvalue weighted by atomic mass is 32.2. The fraction of sp³-hybridized carbons (Fsp3) is 0.533. The molecule has 0 saturated heterocycles. The van der Waals surface area contributed by atoms with Gasteiger partial charge in [0.1, 0.15) is 18.8 Å². The van der Waals surface area contributed by atoms with Gasteiger partial charge in [-0.25, -0.2) is 0 Å². The summed E-state index contributed by atoms with van der Waals surface area (Å²) in [6, 6.07) is 5.82. The molecule has 1 atom stereocenters. The van der Waals surface area contributed by atoms with Gasteiger partial charge in [-0.1, -0.05) is 0 Å². The summed E-state index contributed by atoms with van der Waals surface area (Å²) in [6.07, 6.45) is 0. The van der Waals surface area contributed by atoms with Gasteiger partial charge in [-0.3, -0.25) is 4.79 Å². The van der Waals surface area contributed by atoms with Crippen LogP contribution in [0.4, 0.5) is 0 Å². The molecule has 1 unspecified atom stereocenters. The Balaban J connectivity index is 2.02. The molecule has 116 valence electrons. The summed E-state index contributed by atoms with van der Waals surface area (Å²) in [4.78, 5) is 13.0. The predicted octanol–water partition coefficient (Wildman–Crippen LogP) is 2.09. The number of carbonyl (C=O) groups excluding carboxylic acids is 1. The van der Waals surface area contributed by atoms with Gasteiger partial charge < -0.3 is 19.5 Å². The van der Waals surface area contributed by atoms with Crippen LogP contribution >= 0.6 is 11.8 Å². The standard InChI is InChI=1S/C15H21NO4S/c1-4-18-14(17)15(2,16-3)10-21-11-5-6-12-13(9-11)20-8-7-19-12/h5-6,9,16H,4,7-8,10H2,1-3H3. The highest BCUT2D eigenvalue weighted by Crippen LogP contribution is 2.35. The lowest BCUT2D eigenvalue weighted by Gasteiger charge is -2.26. The Hall–Kier alpha value is -1.40. The second-order valence-corrected chi connectivity index (χ2v) is 5.95. The second-order valence-electron chi connectivity index (χ2n) is 4.90. The van der Waals surface area contributed by atoms with E-state index in [2.05, 4.69) is 5.32 Å². The van der Waals surface area contributed by atoms with E-state index in [1.807, 2.05) is 32.0 Å². The maximum atomic E-state index is 12.0. The van der Waals surface area contributed by atoms with Crippen LogP contribution in [0.3, 0.4) is 0 Å². The summed E-state index contributed by atoms with van der Waals surface area (Å²) in [7, 11) is 1.77. The molecule has 0 amide bonds. The van der Waals surface area contributed by atoms with E-state index in [1.54, 1.807) is 18.8 Å². The minimum absolute atomic E-state index is 0.238. The van der Waals surface area contributed by atoms with E-state index >= 15 is 0 Å². The van der Waals surface area contributed by atoms with Crippen molar-refractivity contribution in [3.63, 3.8) is 0 Å². The summed E-state index contributed by atoms with van der Waals surface area (Å²) < 4.78 is 16.2. The second kappa shape index (κ2) is 7.04. The molecule has 1 aliphatic heterocycles. The van der Waals surface area contributed by atoms with Crippen molar-refractivity contribution in [2.75, 3.05) is 32.6 Å². The lowest BCUT2D eigenvalue weighted by molar-refractivity contribution is -0.149. The maximum Gasteiger partial charge on any atom is 0.326 e. The van der Waals surface area contributed by atoms with E-state index in [1.165, 1.54) is 0 Å². The van der Waals surface area contributed by atoms with E-state index in [9.17, 15) is 4.79 Å². The Kier molecular flexibility index (Phi) is 5.36. The number of rotatable bonds is 6. The molecule has 0 fully saturated rings. The predicted molar refractivity (Wildman–Crippen MR) is 82.3 cm³/mol. The van der Waals surface area contributed by atoms with Crippen LogP contribution in [0, 0.1) is 0 Å². The number of nitrogens with one attached hydrogen (secondary N) is 1. The number of fused-ring (bicyclic) bond motifs is 1. The van der Waals surface area contributed by atoms with Crippen LogP contribution in [0.5, 0.6) is 11.5 Å². The molecule has 2 rings (SSSR count). The maximum absolute atomic E-state index is 12.0. The highest BCUT2D eigenvalue weighted by molar-refractivity contribution is 7.99. The van der Waals surface area contributed by atoms with Crippen molar-refractivity contribution in [1.29, 1.82) is 0 Å². The van der Waals surface area contributed by atoms with Crippen LogP contribution < -0.4 is 14.8 Å². The largest absolute Gasteiger partial charge is 0.486 e. The minimum Gasteiger partial charge on any atom is -0.486 e. The first kappa shape index (κ1) is 16.0. The quantitative estimate of drug-likeness (QED) is 0.641. The van der Waals surface area contributed by atoms with Crippen molar-refractivity contribution >= 4 is 17.7 Å². The topological polar surface area (TPSA) is 56.8 Å². The van der Waals surface area contributed by atoms with Gasteiger partial charge in [0.25, 0.3) is 0 Å². The number of likely N-dealkylation sites (N-methyl/N-ethyl adjacent to an activating group) is 1. The highest BCUT2D eigenvalue weighted by Gasteiger charge is 2.33. The van der Waals surface area contributed by atoms with Gasteiger partial charge in [-0.05, 0) is 39.1 Å². The molecule has 0 radical (unpaired) electrons. The van der Waals surface area contributed by atoms with Crippen LogP contribution in [-0.4, -0.2) is 44.1 Å². The van der Waals surface area contributed by atoms with Crippen molar-refractivity contribution in [3.8, 4) is 11.5 Å². The molecule has 21 heavy (non-hydrogen) atoms. The number of esters is 1. The van der Waals surface area contributed by atoms with E-state index in [4.69, 9.17) is 14.2 Å². The fourth-order valence-electron chi connectivity index (χ4n) is 1.86. The summed E-state index contributed by atoms with van der Waals surface area (Å²) in [6.45, 7) is 5.18. The van der Waals surface area contributed by atoms with Crippen molar-refractivity contribution in [2.24, 2.45) is 0 Å². The summed E-state index contributed by atoms with van der Waals surface area (Å²) in [5.74, 6) is 1.86. The zero-order valence-electron chi connectivity index (χ0n) is 12.6. The van der Waals surface area contributed by atoms with Gasteiger partial charge in [0.05, 0.1) is 6.61 Å². The molecule has 0 spiro atoms. The van der Waals surface area contributed by atoms with Gasteiger partial charge in [-0.15, -0.1) is 11.8 Å². The Morgan fingerprint density at radius 1 is 1.38 bits per heavy atom. The number of carbonyl (C=O) groups is 1. The Bertz CT molecular complexity index is 508. The third-order valence-corrected chi connectivity index (χ3v) is 4.63. The van der Waals surface area contributed by atoms with Crippen LogP contribution in [0.15, 0.2) is 23.1 Å². The fourth-order valence-corrected chi connectivity index (χ4v) is 2.94. The molecule has 1 N–H and O–H groups in total. The average molecular weight is 311 g/mol. The molecule has 1 heterocycles. The normalized spacial score (nSPS) is 16.1. The summed E-state index contributed by atoms with van der Waals surface area (Å²) in [5, 5.41) is 3.04. The van der Waals surface area contributed by atoms with Gasteiger partial charge in [-0.2, -0.15) is 0 Å². The van der Waals surface area contributed by atoms with E-state index < -0.39 is 5.54 Å². The Labute approximate surface area is 129 Å². The number of hydrogen-bond donors (Lipinski definition) is 1. The lowest BCUT2D eigenvalue weighted by atomic mass is 10.1. The molecule has 0 saturated carbocycles. The van der Waals surface area contributed by atoms with Crippen LogP contribution in [0.2, 0.25) is 0 Å². The third kappa shape index (κ3) is 3.83. The third-order valence-electron chi connectivity index (χ3n) is 3.32. The van der Waals surface area contributed by atoms with Crippen LogP contribution in [-0.2, 0) is 9.53 Å². The van der Waals surface area contributed by atoms with Crippen molar-refractivity contribution < 1.29 is 19.0 Å². The summed E-state index contributed by atoms with van der Waals surface area (Å²) >= 11 is 1.58. The molecule has 5 nitrogen and oxygen atoms in total. The zero-order chi connectivity index (χ0) is 15.3. The molecular formula is C15H21NO4S. The number of hydrogen-bond acceptors (Lipinski definition) is 6. The number of thioether (sulfide) groups is 1. The molecule has 0 aliphatic carbocycles. The molecule has 1 aromatic carbocycles. The van der Waals surface area contributed by atoms with Gasteiger partial charge >= 0.3 is 5.97 Å². The minimum atomic E-state index is -0.714.